The SMILES string of the molecule is CCN1CN2C(=O)N[C@@H]3[C@@H]2N(C1)C(=O)N3C1CCCCC1. The molecule has 2 atom stereocenters. The highest BCUT2D eigenvalue weighted by atomic mass is 16.2. The lowest BCUT2D eigenvalue weighted by atomic mass is 9.94. The van der Waals surface area contributed by atoms with Gasteiger partial charge in [-0.1, -0.05) is 26.2 Å². The Morgan fingerprint density at radius 3 is 2.52 bits per heavy atom. The fourth-order valence-corrected chi connectivity index (χ4v) is 4.22. The summed E-state index contributed by atoms with van der Waals surface area (Å²) in [6, 6.07) is 0.346. The van der Waals surface area contributed by atoms with Gasteiger partial charge in [0, 0.05) is 6.04 Å². The number of hydrogen-bond acceptors (Lipinski definition) is 3. The van der Waals surface area contributed by atoms with Gasteiger partial charge in [0.15, 0.2) is 6.17 Å². The number of hydrogen-bond donors (Lipinski definition) is 1. The average Bonchev–Trinajstić information content (AvgIpc) is 2.98. The number of amides is 4. The van der Waals surface area contributed by atoms with Crippen molar-refractivity contribution in [1.29, 1.82) is 0 Å². The molecule has 1 aliphatic carbocycles. The molecule has 1 saturated carbocycles. The first-order valence-electron chi connectivity index (χ1n) is 8.09. The van der Waals surface area contributed by atoms with Gasteiger partial charge in [-0.05, 0) is 19.4 Å². The molecule has 0 aromatic carbocycles. The fourth-order valence-electron chi connectivity index (χ4n) is 4.22. The molecule has 0 spiro atoms. The van der Waals surface area contributed by atoms with Crippen molar-refractivity contribution in [3.8, 4) is 0 Å². The molecule has 1 N–H and O–H groups in total. The molecule has 4 fully saturated rings. The number of carbonyl (C=O) groups is 2. The number of rotatable bonds is 2. The standard InChI is InChI=1S/C14H23N5O2/c1-2-16-8-17-12-11(15-13(17)20)19(14(21)18(12)9-16)10-6-4-3-5-7-10/h10-12H,2-9H2,1H3,(H,15,20)/t11-,12-/m0/s1. The first kappa shape index (κ1) is 13.2. The van der Waals surface area contributed by atoms with Gasteiger partial charge in [0.25, 0.3) is 0 Å². The summed E-state index contributed by atoms with van der Waals surface area (Å²) >= 11 is 0. The van der Waals surface area contributed by atoms with Crippen LogP contribution in [0.15, 0.2) is 0 Å². The van der Waals surface area contributed by atoms with Crippen LogP contribution in [0.1, 0.15) is 39.0 Å². The number of urea groups is 2. The summed E-state index contributed by atoms with van der Waals surface area (Å²) < 4.78 is 0. The summed E-state index contributed by atoms with van der Waals surface area (Å²) in [7, 11) is 0. The average molecular weight is 293 g/mol. The van der Waals surface area contributed by atoms with Gasteiger partial charge in [-0.2, -0.15) is 0 Å². The van der Waals surface area contributed by atoms with E-state index in [2.05, 4.69) is 17.1 Å². The lowest BCUT2D eigenvalue weighted by molar-refractivity contribution is -0.00760. The van der Waals surface area contributed by atoms with Crippen molar-refractivity contribution in [3.05, 3.63) is 0 Å². The molecule has 4 amide bonds. The van der Waals surface area contributed by atoms with Crippen LogP contribution in [-0.4, -0.2) is 69.9 Å². The van der Waals surface area contributed by atoms with E-state index >= 15 is 0 Å². The third kappa shape index (κ3) is 1.83. The summed E-state index contributed by atoms with van der Waals surface area (Å²) in [5.74, 6) is 0. The van der Waals surface area contributed by atoms with Crippen molar-refractivity contribution < 1.29 is 9.59 Å². The summed E-state index contributed by atoms with van der Waals surface area (Å²) in [5, 5.41) is 3.03. The molecule has 3 aliphatic heterocycles. The number of carbonyl (C=O) groups excluding carboxylic acids is 2. The summed E-state index contributed by atoms with van der Waals surface area (Å²) in [6.45, 7) is 4.15. The third-order valence-electron chi connectivity index (χ3n) is 5.34. The van der Waals surface area contributed by atoms with Crippen LogP contribution in [0.25, 0.3) is 0 Å². The Morgan fingerprint density at radius 2 is 1.81 bits per heavy atom. The lowest BCUT2D eigenvalue weighted by Gasteiger charge is -2.41. The minimum absolute atomic E-state index is 0.0403. The molecule has 4 aliphatic rings. The molecule has 7 heteroatoms. The summed E-state index contributed by atoms with van der Waals surface area (Å²) in [4.78, 5) is 32.8. The smallest absolute Gasteiger partial charge is 0.314 e. The highest BCUT2D eigenvalue weighted by molar-refractivity contribution is 5.85. The van der Waals surface area contributed by atoms with Crippen LogP contribution in [0.3, 0.4) is 0 Å². The Labute approximate surface area is 124 Å². The van der Waals surface area contributed by atoms with Crippen LogP contribution >= 0.6 is 0 Å². The molecule has 3 saturated heterocycles. The van der Waals surface area contributed by atoms with Crippen LogP contribution in [0.5, 0.6) is 0 Å². The monoisotopic (exact) mass is 293 g/mol. The molecule has 0 aromatic heterocycles. The van der Waals surface area contributed by atoms with E-state index in [9.17, 15) is 9.59 Å². The van der Waals surface area contributed by atoms with Gasteiger partial charge >= 0.3 is 12.1 Å². The van der Waals surface area contributed by atoms with Crippen molar-refractivity contribution in [2.75, 3.05) is 19.9 Å². The second kappa shape index (κ2) is 4.76. The van der Waals surface area contributed by atoms with Crippen molar-refractivity contribution in [2.24, 2.45) is 0 Å². The van der Waals surface area contributed by atoms with Crippen LogP contribution in [-0.2, 0) is 0 Å². The normalized spacial score (nSPS) is 33.7. The first-order chi connectivity index (χ1) is 10.2. The number of nitrogens with zero attached hydrogens (tertiary/aromatic N) is 4. The van der Waals surface area contributed by atoms with E-state index in [4.69, 9.17) is 0 Å². The van der Waals surface area contributed by atoms with Crippen LogP contribution < -0.4 is 5.32 Å². The molecule has 0 bridgehead atoms. The molecule has 0 unspecified atom stereocenters. The minimum Gasteiger partial charge on any atom is -0.314 e. The zero-order chi connectivity index (χ0) is 14.6. The van der Waals surface area contributed by atoms with Crippen LogP contribution in [0.2, 0.25) is 0 Å². The van der Waals surface area contributed by atoms with Gasteiger partial charge in [-0.25, -0.2) is 9.59 Å². The maximum absolute atomic E-state index is 12.8. The molecule has 3 heterocycles. The molecule has 0 aromatic rings. The third-order valence-corrected chi connectivity index (χ3v) is 5.34. The Bertz CT molecular complexity index is 464. The predicted molar refractivity (Wildman–Crippen MR) is 76.0 cm³/mol. The Balaban J connectivity index is 1.63. The van der Waals surface area contributed by atoms with Crippen LogP contribution in [0, 0.1) is 0 Å². The van der Waals surface area contributed by atoms with Gasteiger partial charge in [0.05, 0.1) is 13.3 Å². The largest absolute Gasteiger partial charge is 0.324 e. The van der Waals surface area contributed by atoms with Gasteiger partial charge in [-0.15, -0.1) is 0 Å². The molecule has 4 rings (SSSR count). The Kier molecular flexibility index (Phi) is 2.99. The van der Waals surface area contributed by atoms with E-state index in [1.54, 1.807) is 4.90 Å². The summed E-state index contributed by atoms with van der Waals surface area (Å²) in [5.41, 5.74) is 0. The topological polar surface area (TPSA) is 59.1 Å². The molecule has 7 nitrogen and oxygen atoms in total. The van der Waals surface area contributed by atoms with Gasteiger partial charge in [-0.3, -0.25) is 19.6 Å². The van der Waals surface area contributed by atoms with Crippen molar-refractivity contribution in [3.63, 3.8) is 0 Å². The Morgan fingerprint density at radius 1 is 1.10 bits per heavy atom. The second-order valence-corrected chi connectivity index (χ2v) is 6.50. The maximum atomic E-state index is 12.8. The second-order valence-electron chi connectivity index (χ2n) is 6.50. The van der Waals surface area contributed by atoms with Gasteiger partial charge in [0.1, 0.15) is 6.17 Å². The van der Waals surface area contributed by atoms with E-state index in [1.807, 2.05) is 9.80 Å². The predicted octanol–water partition coefficient (Wildman–Crippen LogP) is 0.985. The highest BCUT2D eigenvalue weighted by Gasteiger charge is 2.58. The van der Waals surface area contributed by atoms with Gasteiger partial charge < -0.3 is 5.32 Å². The van der Waals surface area contributed by atoms with E-state index in [0.29, 0.717) is 13.3 Å². The van der Waals surface area contributed by atoms with Crippen LogP contribution in [0.4, 0.5) is 9.59 Å². The molecule has 0 radical (unpaired) electrons. The van der Waals surface area contributed by atoms with E-state index in [1.165, 1.54) is 19.3 Å². The quantitative estimate of drug-likeness (QED) is 0.826. The van der Waals surface area contributed by atoms with E-state index in [0.717, 1.165) is 19.4 Å². The van der Waals surface area contributed by atoms with E-state index in [-0.39, 0.29) is 30.4 Å². The molecular formula is C14H23N5O2. The molecule has 116 valence electrons. The fraction of sp³-hybridized carbons (Fsp3) is 0.857. The first-order valence-corrected chi connectivity index (χ1v) is 8.09. The lowest BCUT2D eigenvalue weighted by Crippen LogP contribution is -2.59. The highest BCUT2D eigenvalue weighted by Crippen LogP contribution is 2.36. The van der Waals surface area contributed by atoms with Crippen molar-refractivity contribution in [2.45, 2.75) is 57.4 Å². The maximum Gasteiger partial charge on any atom is 0.324 e. The number of nitrogens with one attached hydrogen (secondary N) is 1. The Hall–Kier alpha value is -1.50. The molecular weight excluding hydrogens is 270 g/mol. The van der Waals surface area contributed by atoms with Gasteiger partial charge in [0.2, 0.25) is 0 Å². The zero-order valence-electron chi connectivity index (χ0n) is 12.5. The minimum atomic E-state index is -0.160. The molecule has 21 heavy (non-hydrogen) atoms. The zero-order valence-corrected chi connectivity index (χ0v) is 12.5. The van der Waals surface area contributed by atoms with Crippen molar-refractivity contribution >= 4 is 12.1 Å². The summed E-state index contributed by atoms with van der Waals surface area (Å²) in [6.07, 6.45) is 5.49. The van der Waals surface area contributed by atoms with Crippen molar-refractivity contribution in [1.82, 2.24) is 24.9 Å². The van der Waals surface area contributed by atoms with E-state index < -0.39 is 0 Å².